The number of carbonyl (C=O) groups is 1. The molecule has 31 heavy (non-hydrogen) atoms. The van der Waals surface area contributed by atoms with Crippen LogP contribution in [0.2, 0.25) is 0 Å². The quantitative estimate of drug-likeness (QED) is 0.593. The van der Waals surface area contributed by atoms with Crippen molar-refractivity contribution in [3.63, 3.8) is 0 Å². The SMILES string of the molecule is Cc1cc(N2CCCCC2)nc(Nc2ccc(NC(=O)c3ccc(C)c(F)c3)cc2)n1. The normalized spacial score (nSPS) is 13.7. The molecule has 0 radical (unpaired) electrons. The Morgan fingerprint density at radius 1 is 0.935 bits per heavy atom. The number of piperidine rings is 1. The maximum absolute atomic E-state index is 13.7. The van der Waals surface area contributed by atoms with E-state index in [9.17, 15) is 9.18 Å². The molecule has 2 N–H and O–H groups in total. The summed E-state index contributed by atoms with van der Waals surface area (Å²) in [5, 5.41) is 6.02. The average Bonchev–Trinajstić information content (AvgIpc) is 2.77. The lowest BCUT2D eigenvalue weighted by molar-refractivity contribution is 0.102. The number of amides is 1. The molecule has 2 aromatic carbocycles. The van der Waals surface area contributed by atoms with E-state index < -0.39 is 5.82 Å². The molecular weight excluding hydrogens is 393 g/mol. The molecule has 1 amide bonds. The molecule has 0 saturated carbocycles. The van der Waals surface area contributed by atoms with E-state index in [-0.39, 0.29) is 11.5 Å². The maximum atomic E-state index is 13.7. The molecule has 0 unspecified atom stereocenters. The van der Waals surface area contributed by atoms with Crippen LogP contribution in [0.1, 0.15) is 40.9 Å². The van der Waals surface area contributed by atoms with E-state index in [0.29, 0.717) is 17.2 Å². The summed E-state index contributed by atoms with van der Waals surface area (Å²) in [4.78, 5) is 23.8. The van der Waals surface area contributed by atoms with E-state index in [0.717, 1.165) is 30.3 Å². The minimum absolute atomic E-state index is 0.281. The van der Waals surface area contributed by atoms with Gasteiger partial charge in [0.25, 0.3) is 5.91 Å². The lowest BCUT2D eigenvalue weighted by Crippen LogP contribution is -2.30. The highest BCUT2D eigenvalue weighted by Crippen LogP contribution is 2.22. The number of carbonyl (C=O) groups excluding carboxylic acids is 1. The number of hydrogen-bond donors (Lipinski definition) is 2. The molecular formula is C24H26FN5O. The highest BCUT2D eigenvalue weighted by molar-refractivity contribution is 6.04. The number of benzene rings is 2. The molecule has 7 heteroatoms. The number of hydrogen-bond acceptors (Lipinski definition) is 5. The van der Waals surface area contributed by atoms with Crippen LogP contribution in [0.4, 0.5) is 27.5 Å². The zero-order chi connectivity index (χ0) is 21.8. The minimum Gasteiger partial charge on any atom is -0.356 e. The van der Waals surface area contributed by atoms with Crippen molar-refractivity contribution < 1.29 is 9.18 Å². The summed E-state index contributed by atoms with van der Waals surface area (Å²) in [5.41, 5.74) is 3.13. The van der Waals surface area contributed by atoms with Gasteiger partial charge in [-0.1, -0.05) is 6.07 Å². The molecule has 6 nitrogen and oxygen atoms in total. The predicted octanol–water partition coefficient (Wildman–Crippen LogP) is 5.22. The molecule has 3 aromatic rings. The molecule has 1 aromatic heterocycles. The van der Waals surface area contributed by atoms with E-state index in [2.05, 4.69) is 25.5 Å². The summed E-state index contributed by atoms with van der Waals surface area (Å²) in [6, 6.07) is 13.7. The Bertz CT molecular complexity index is 1080. The van der Waals surface area contributed by atoms with Gasteiger partial charge in [0.05, 0.1) is 0 Å². The average molecular weight is 420 g/mol. The van der Waals surface area contributed by atoms with Crippen molar-refractivity contribution in [1.29, 1.82) is 0 Å². The molecule has 160 valence electrons. The molecule has 4 rings (SSSR count). The number of aromatic nitrogens is 2. The molecule has 0 aliphatic carbocycles. The third kappa shape index (κ3) is 5.17. The van der Waals surface area contributed by atoms with Crippen LogP contribution in [-0.4, -0.2) is 29.0 Å². The van der Waals surface area contributed by atoms with Gasteiger partial charge in [-0.15, -0.1) is 0 Å². The van der Waals surface area contributed by atoms with Crippen molar-refractivity contribution in [1.82, 2.24) is 9.97 Å². The second-order valence-electron chi connectivity index (χ2n) is 7.86. The van der Waals surface area contributed by atoms with Crippen molar-refractivity contribution in [3.05, 3.63) is 71.2 Å². The van der Waals surface area contributed by atoms with Gasteiger partial charge in [-0.25, -0.2) is 9.37 Å². The fourth-order valence-electron chi connectivity index (χ4n) is 3.60. The Morgan fingerprint density at radius 2 is 1.65 bits per heavy atom. The first-order chi connectivity index (χ1) is 15.0. The second kappa shape index (κ2) is 9.12. The molecule has 0 bridgehead atoms. The molecule has 2 heterocycles. The summed E-state index contributed by atoms with van der Waals surface area (Å²) in [6.07, 6.45) is 3.65. The fraction of sp³-hybridized carbons (Fsp3) is 0.292. The van der Waals surface area contributed by atoms with Gasteiger partial charge in [-0.05, 0) is 75.1 Å². The van der Waals surface area contributed by atoms with Gasteiger partial charge in [0.1, 0.15) is 11.6 Å². The number of halogens is 1. The zero-order valence-corrected chi connectivity index (χ0v) is 17.8. The lowest BCUT2D eigenvalue weighted by atomic mass is 10.1. The van der Waals surface area contributed by atoms with Crippen LogP contribution in [0.3, 0.4) is 0 Å². The van der Waals surface area contributed by atoms with Crippen molar-refractivity contribution in [2.45, 2.75) is 33.1 Å². The molecule has 0 spiro atoms. The van der Waals surface area contributed by atoms with E-state index in [4.69, 9.17) is 0 Å². The zero-order valence-electron chi connectivity index (χ0n) is 17.8. The second-order valence-corrected chi connectivity index (χ2v) is 7.86. The Balaban J connectivity index is 1.43. The molecule has 1 fully saturated rings. The van der Waals surface area contributed by atoms with Gasteiger partial charge in [0.15, 0.2) is 0 Å². The Hall–Kier alpha value is -3.48. The topological polar surface area (TPSA) is 70.2 Å². The number of nitrogens with zero attached hydrogens (tertiary/aromatic N) is 3. The monoisotopic (exact) mass is 419 g/mol. The van der Waals surface area contributed by atoms with Crippen LogP contribution in [0.15, 0.2) is 48.5 Å². The summed E-state index contributed by atoms with van der Waals surface area (Å²) in [6.45, 7) is 5.67. The third-order valence-electron chi connectivity index (χ3n) is 5.35. The minimum atomic E-state index is -0.394. The van der Waals surface area contributed by atoms with Gasteiger partial charge in [-0.2, -0.15) is 4.98 Å². The van der Waals surface area contributed by atoms with Gasteiger partial charge in [-0.3, -0.25) is 4.79 Å². The maximum Gasteiger partial charge on any atom is 0.255 e. The largest absolute Gasteiger partial charge is 0.356 e. The number of nitrogens with one attached hydrogen (secondary N) is 2. The summed E-state index contributed by atoms with van der Waals surface area (Å²) in [5.74, 6) is 0.749. The number of anilines is 4. The third-order valence-corrected chi connectivity index (χ3v) is 5.35. The van der Waals surface area contributed by atoms with Gasteiger partial charge in [0.2, 0.25) is 5.95 Å². The van der Waals surface area contributed by atoms with E-state index >= 15 is 0 Å². The smallest absolute Gasteiger partial charge is 0.255 e. The van der Waals surface area contributed by atoms with Crippen LogP contribution in [0.5, 0.6) is 0 Å². The molecule has 1 aliphatic heterocycles. The van der Waals surface area contributed by atoms with Crippen molar-refractivity contribution in [2.75, 3.05) is 28.6 Å². The highest BCUT2D eigenvalue weighted by Gasteiger charge is 2.14. The van der Waals surface area contributed by atoms with Gasteiger partial charge >= 0.3 is 0 Å². The number of aryl methyl sites for hydroxylation is 2. The standard InChI is InChI=1S/C24H26FN5O/c1-16-6-7-18(15-21(16)25)23(31)27-19-8-10-20(11-9-19)28-24-26-17(2)14-22(29-24)30-12-4-3-5-13-30/h6-11,14-15H,3-5,12-13H2,1-2H3,(H,27,31)(H,26,28,29). The van der Waals surface area contributed by atoms with Crippen LogP contribution >= 0.6 is 0 Å². The van der Waals surface area contributed by atoms with E-state index in [1.165, 1.54) is 25.3 Å². The van der Waals surface area contributed by atoms with Crippen LogP contribution in [0, 0.1) is 19.7 Å². The van der Waals surface area contributed by atoms with Crippen LogP contribution in [0.25, 0.3) is 0 Å². The highest BCUT2D eigenvalue weighted by atomic mass is 19.1. The van der Waals surface area contributed by atoms with Crippen LogP contribution < -0.4 is 15.5 Å². The molecule has 0 atom stereocenters. The van der Waals surface area contributed by atoms with Crippen molar-refractivity contribution in [2.24, 2.45) is 0 Å². The number of rotatable bonds is 5. The molecule has 1 saturated heterocycles. The Labute approximate surface area is 181 Å². The van der Waals surface area contributed by atoms with Crippen LogP contribution in [-0.2, 0) is 0 Å². The first-order valence-electron chi connectivity index (χ1n) is 10.5. The van der Waals surface area contributed by atoms with Gasteiger partial charge < -0.3 is 15.5 Å². The van der Waals surface area contributed by atoms with Crippen molar-refractivity contribution in [3.8, 4) is 0 Å². The fourth-order valence-corrected chi connectivity index (χ4v) is 3.60. The Kier molecular flexibility index (Phi) is 6.11. The van der Waals surface area contributed by atoms with E-state index in [1.54, 1.807) is 31.2 Å². The first kappa shape index (κ1) is 20.8. The first-order valence-corrected chi connectivity index (χ1v) is 10.5. The van der Waals surface area contributed by atoms with E-state index in [1.807, 2.05) is 25.1 Å². The lowest BCUT2D eigenvalue weighted by Gasteiger charge is -2.28. The molecule has 1 aliphatic rings. The predicted molar refractivity (Wildman–Crippen MR) is 122 cm³/mol. The Morgan fingerprint density at radius 3 is 2.35 bits per heavy atom. The van der Waals surface area contributed by atoms with Gasteiger partial charge in [0, 0.05) is 41.8 Å². The van der Waals surface area contributed by atoms with Crippen molar-refractivity contribution >= 4 is 29.0 Å². The summed E-state index contributed by atoms with van der Waals surface area (Å²) >= 11 is 0. The summed E-state index contributed by atoms with van der Waals surface area (Å²) < 4.78 is 13.7. The summed E-state index contributed by atoms with van der Waals surface area (Å²) in [7, 11) is 0.